The molecule has 1 aliphatic rings. The number of carbonyl (C=O) groups excluding carboxylic acids is 1. The molecular weight excluding hydrogens is 311 g/mol. The summed E-state index contributed by atoms with van der Waals surface area (Å²) in [6.07, 6.45) is -5.63. The zero-order valence-corrected chi connectivity index (χ0v) is 12.5. The molecule has 0 bridgehead atoms. The van der Waals surface area contributed by atoms with E-state index >= 15 is 0 Å². The van der Waals surface area contributed by atoms with E-state index in [4.69, 9.17) is 5.26 Å². The molecule has 8 heteroatoms. The molecule has 0 aliphatic carbocycles. The summed E-state index contributed by atoms with van der Waals surface area (Å²) in [7, 11) is 0. The van der Waals surface area contributed by atoms with Crippen LogP contribution in [0.15, 0.2) is 18.2 Å². The predicted octanol–water partition coefficient (Wildman–Crippen LogP) is 1.61. The number of hydrogen-bond acceptors (Lipinski definition) is 4. The Morgan fingerprint density at radius 2 is 1.91 bits per heavy atom. The summed E-state index contributed by atoms with van der Waals surface area (Å²) < 4.78 is 38.4. The number of nitriles is 1. The van der Waals surface area contributed by atoms with Crippen LogP contribution in [0.4, 0.5) is 18.9 Å². The van der Waals surface area contributed by atoms with Gasteiger partial charge in [0.05, 0.1) is 17.2 Å². The number of carbonyl (C=O) groups is 1. The van der Waals surface area contributed by atoms with Gasteiger partial charge >= 0.3 is 6.18 Å². The second kappa shape index (κ2) is 6.46. The second-order valence-corrected chi connectivity index (χ2v) is 5.33. The van der Waals surface area contributed by atoms with Gasteiger partial charge in [0.1, 0.15) is 6.10 Å². The molecule has 1 aliphatic heterocycles. The molecule has 1 heterocycles. The summed E-state index contributed by atoms with van der Waals surface area (Å²) in [6.45, 7) is 2.98. The standard InChI is InChI=1S/C15H16F3N3O2/c1-10(22)14(23)21-6-4-20(5-7-21)12-2-3-13(15(16,17)18)11(8-12)9-19/h2-3,8,10,22H,4-7H2,1H3. The molecule has 1 N–H and O–H groups in total. The quantitative estimate of drug-likeness (QED) is 0.896. The highest BCUT2D eigenvalue weighted by atomic mass is 19.4. The minimum absolute atomic E-state index is 0.366. The molecule has 0 radical (unpaired) electrons. The number of piperazine rings is 1. The summed E-state index contributed by atoms with van der Waals surface area (Å²) in [5.41, 5.74) is -0.858. The Hall–Kier alpha value is -2.27. The van der Waals surface area contributed by atoms with E-state index in [0.717, 1.165) is 6.07 Å². The summed E-state index contributed by atoms with van der Waals surface area (Å²) in [5, 5.41) is 18.2. The van der Waals surface area contributed by atoms with Gasteiger partial charge in [0.25, 0.3) is 5.91 Å². The normalized spacial score (nSPS) is 16.9. The first-order valence-electron chi connectivity index (χ1n) is 7.07. The summed E-state index contributed by atoms with van der Waals surface area (Å²) in [5.74, 6) is -0.366. The van der Waals surface area contributed by atoms with Crippen molar-refractivity contribution in [1.29, 1.82) is 5.26 Å². The van der Waals surface area contributed by atoms with Crippen LogP contribution >= 0.6 is 0 Å². The third-order valence-corrected chi connectivity index (χ3v) is 3.74. The first-order valence-corrected chi connectivity index (χ1v) is 7.07. The molecule has 0 aromatic heterocycles. The Kier molecular flexibility index (Phi) is 4.80. The first-order chi connectivity index (χ1) is 10.7. The van der Waals surface area contributed by atoms with Gasteiger partial charge in [-0.1, -0.05) is 0 Å². The molecule has 1 atom stereocenters. The molecule has 0 spiro atoms. The maximum atomic E-state index is 12.8. The van der Waals surface area contributed by atoms with Crippen molar-refractivity contribution in [3.8, 4) is 6.07 Å². The van der Waals surface area contributed by atoms with Crippen LogP contribution in [0.25, 0.3) is 0 Å². The van der Waals surface area contributed by atoms with E-state index in [2.05, 4.69) is 0 Å². The van der Waals surface area contributed by atoms with Gasteiger partial charge in [-0.3, -0.25) is 4.79 Å². The molecule has 1 aromatic carbocycles. The highest BCUT2D eigenvalue weighted by Gasteiger charge is 2.34. The van der Waals surface area contributed by atoms with Crippen molar-refractivity contribution in [3.05, 3.63) is 29.3 Å². The largest absolute Gasteiger partial charge is 0.417 e. The molecule has 1 amide bonds. The maximum absolute atomic E-state index is 12.8. The fraction of sp³-hybridized carbons (Fsp3) is 0.467. The molecular formula is C15H16F3N3O2. The number of nitrogens with zero attached hydrogens (tertiary/aromatic N) is 3. The van der Waals surface area contributed by atoms with Crippen molar-refractivity contribution >= 4 is 11.6 Å². The lowest BCUT2D eigenvalue weighted by Crippen LogP contribution is -2.51. The fourth-order valence-corrected chi connectivity index (χ4v) is 2.52. The van der Waals surface area contributed by atoms with Gasteiger partial charge in [0, 0.05) is 31.9 Å². The van der Waals surface area contributed by atoms with Crippen LogP contribution in [0.3, 0.4) is 0 Å². The maximum Gasteiger partial charge on any atom is 0.417 e. The van der Waals surface area contributed by atoms with Crippen LogP contribution in [0.1, 0.15) is 18.1 Å². The fourth-order valence-electron chi connectivity index (χ4n) is 2.52. The minimum atomic E-state index is -4.56. The number of rotatable bonds is 2. The summed E-state index contributed by atoms with van der Waals surface area (Å²) >= 11 is 0. The number of aliphatic hydroxyl groups is 1. The number of anilines is 1. The van der Waals surface area contributed by atoms with Gasteiger partial charge in [-0.15, -0.1) is 0 Å². The lowest BCUT2D eigenvalue weighted by atomic mass is 10.1. The third-order valence-electron chi connectivity index (χ3n) is 3.74. The Bertz CT molecular complexity index is 630. The third kappa shape index (κ3) is 3.74. The van der Waals surface area contributed by atoms with Gasteiger partial charge in [0.2, 0.25) is 0 Å². The average Bonchev–Trinajstić information content (AvgIpc) is 2.52. The molecule has 0 saturated carbocycles. The van der Waals surface area contributed by atoms with Crippen molar-refractivity contribution in [2.75, 3.05) is 31.1 Å². The van der Waals surface area contributed by atoms with Crippen LogP contribution in [-0.2, 0) is 11.0 Å². The average molecular weight is 327 g/mol. The minimum Gasteiger partial charge on any atom is -0.384 e. The van der Waals surface area contributed by atoms with Gasteiger partial charge < -0.3 is 14.9 Å². The SMILES string of the molecule is CC(O)C(=O)N1CCN(c2ccc(C(F)(F)F)c(C#N)c2)CC1. The molecule has 1 fully saturated rings. The summed E-state index contributed by atoms with van der Waals surface area (Å²) in [6, 6.07) is 5.03. The first kappa shape index (κ1) is 17.1. The number of halogens is 3. The predicted molar refractivity (Wildman–Crippen MR) is 76.6 cm³/mol. The van der Waals surface area contributed by atoms with Crippen molar-refractivity contribution in [3.63, 3.8) is 0 Å². The Morgan fingerprint density at radius 1 is 1.30 bits per heavy atom. The molecule has 1 saturated heterocycles. The molecule has 23 heavy (non-hydrogen) atoms. The zero-order valence-electron chi connectivity index (χ0n) is 12.5. The number of aliphatic hydroxyl groups excluding tert-OH is 1. The number of alkyl halides is 3. The van der Waals surface area contributed by atoms with Crippen molar-refractivity contribution in [2.24, 2.45) is 0 Å². The van der Waals surface area contributed by atoms with Crippen LogP contribution < -0.4 is 4.90 Å². The monoisotopic (exact) mass is 327 g/mol. The van der Waals surface area contributed by atoms with Crippen LogP contribution in [0.2, 0.25) is 0 Å². The topological polar surface area (TPSA) is 67.6 Å². The van der Waals surface area contributed by atoms with Crippen LogP contribution in [0.5, 0.6) is 0 Å². The highest BCUT2D eigenvalue weighted by Crippen LogP contribution is 2.33. The number of hydrogen-bond donors (Lipinski definition) is 1. The van der Waals surface area contributed by atoms with Gasteiger partial charge in [0.15, 0.2) is 0 Å². The van der Waals surface area contributed by atoms with Gasteiger partial charge in [-0.25, -0.2) is 0 Å². The number of benzene rings is 1. The smallest absolute Gasteiger partial charge is 0.384 e. The van der Waals surface area contributed by atoms with Crippen LogP contribution in [0, 0.1) is 11.3 Å². The Morgan fingerprint density at radius 3 is 2.39 bits per heavy atom. The van der Waals surface area contributed by atoms with Crippen molar-refractivity contribution < 1.29 is 23.1 Å². The molecule has 2 rings (SSSR count). The van der Waals surface area contributed by atoms with E-state index < -0.39 is 23.4 Å². The van der Waals surface area contributed by atoms with Crippen molar-refractivity contribution in [1.82, 2.24) is 4.90 Å². The van der Waals surface area contributed by atoms with E-state index in [1.54, 1.807) is 6.07 Å². The van der Waals surface area contributed by atoms with Crippen LogP contribution in [-0.4, -0.2) is 48.2 Å². The van der Waals surface area contributed by atoms with Crippen molar-refractivity contribution in [2.45, 2.75) is 19.2 Å². The lowest BCUT2D eigenvalue weighted by molar-refractivity contribution is -0.139. The molecule has 1 aromatic rings. The molecule has 5 nitrogen and oxygen atoms in total. The molecule has 124 valence electrons. The van der Waals surface area contributed by atoms with E-state index in [0.29, 0.717) is 31.9 Å². The van der Waals surface area contributed by atoms with Gasteiger partial charge in [-0.05, 0) is 25.1 Å². The Balaban J connectivity index is 2.13. The Labute approximate surface area is 131 Å². The van der Waals surface area contributed by atoms with E-state index in [-0.39, 0.29) is 5.91 Å². The van der Waals surface area contributed by atoms with Gasteiger partial charge in [-0.2, -0.15) is 18.4 Å². The van der Waals surface area contributed by atoms with E-state index in [9.17, 15) is 23.1 Å². The molecule has 1 unspecified atom stereocenters. The zero-order chi connectivity index (χ0) is 17.2. The lowest BCUT2D eigenvalue weighted by Gasteiger charge is -2.36. The van der Waals surface area contributed by atoms with E-state index in [1.807, 2.05) is 4.90 Å². The highest BCUT2D eigenvalue weighted by molar-refractivity contribution is 5.80. The second-order valence-electron chi connectivity index (χ2n) is 5.33. The number of amides is 1. The summed E-state index contributed by atoms with van der Waals surface area (Å²) in [4.78, 5) is 15.0. The van der Waals surface area contributed by atoms with E-state index in [1.165, 1.54) is 24.0 Å².